The van der Waals surface area contributed by atoms with E-state index >= 15 is 0 Å². The normalized spacial score (nSPS) is 10.5. The largest absolute Gasteiger partial charge is 0.397 e. The molecule has 4 N–H and O–H groups in total. The Kier molecular flexibility index (Phi) is 5.00. The molecule has 3 aromatic rings. The van der Waals surface area contributed by atoms with Crippen molar-refractivity contribution >= 4 is 33.8 Å². The van der Waals surface area contributed by atoms with Crippen molar-refractivity contribution in [3.05, 3.63) is 70.2 Å². The van der Waals surface area contributed by atoms with Crippen LogP contribution in [-0.4, -0.2) is 10.9 Å². The zero-order valence-corrected chi connectivity index (χ0v) is 15.0. The number of benzene rings is 2. The molecular formula is C19H20N4OS. The summed E-state index contributed by atoms with van der Waals surface area (Å²) in [4.78, 5) is 16.5. The Morgan fingerprint density at radius 2 is 2.00 bits per heavy atom. The number of nitrogens with two attached hydrogens (primary N) is 1. The fourth-order valence-corrected chi connectivity index (χ4v) is 3.13. The van der Waals surface area contributed by atoms with Gasteiger partial charge in [-0.1, -0.05) is 24.3 Å². The minimum Gasteiger partial charge on any atom is -0.397 e. The fourth-order valence-electron chi connectivity index (χ4n) is 2.44. The van der Waals surface area contributed by atoms with Gasteiger partial charge in [-0.3, -0.25) is 10.1 Å². The van der Waals surface area contributed by atoms with E-state index in [2.05, 4.69) is 34.7 Å². The Labute approximate surface area is 150 Å². The van der Waals surface area contributed by atoms with E-state index in [1.54, 1.807) is 12.1 Å². The number of nitrogens with zero attached hydrogens (tertiary/aromatic N) is 1. The maximum Gasteiger partial charge on any atom is 0.257 e. The summed E-state index contributed by atoms with van der Waals surface area (Å²) < 4.78 is 0. The molecule has 25 heavy (non-hydrogen) atoms. The number of nitrogens with one attached hydrogen (secondary N) is 2. The number of hydrogen-bond acceptors (Lipinski definition) is 5. The number of aryl methyl sites for hydroxylation is 2. The molecule has 0 bridgehead atoms. The van der Waals surface area contributed by atoms with Gasteiger partial charge in [0, 0.05) is 17.5 Å². The van der Waals surface area contributed by atoms with Gasteiger partial charge < -0.3 is 11.1 Å². The Hall–Kier alpha value is -2.86. The summed E-state index contributed by atoms with van der Waals surface area (Å²) in [6.45, 7) is 4.65. The first kappa shape index (κ1) is 17.0. The number of thiazole rings is 1. The van der Waals surface area contributed by atoms with Gasteiger partial charge in [-0.2, -0.15) is 0 Å². The van der Waals surface area contributed by atoms with Crippen LogP contribution >= 0.6 is 11.3 Å². The van der Waals surface area contributed by atoms with Crippen LogP contribution in [0, 0.1) is 13.8 Å². The second-order valence-electron chi connectivity index (χ2n) is 5.83. The van der Waals surface area contributed by atoms with Gasteiger partial charge in [0.1, 0.15) is 0 Å². The molecule has 1 heterocycles. The monoisotopic (exact) mass is 352 g/mol. The lowest BCUT2D eigenvalue weighted by molar-refractivity contribution is 0.102. The van der Waals surface area contributed by atoms with E-state index < -0.39 is 0 Å². The number of nitrogen functional groups attached to an aromatic ring is 1. The van der Waals surface area contributed by atoms with Crippen LogP contribution in [0.15, 0.2) is 47.8 Å². The first-order chi connectivity index (χ1) is 12.0. The van der Waals surface area contributed by atoms with Gasteiger partial charge in [0.25, 0.3) is 5.91 Å². The maximum atomic E-state index is 12.3. The van der Waals surface area contributed by atoms with Crippen LogP contribution in [0.3, 0.4) is 0 Å². The molecule has 0 aliphatic carbocycles. The van der Waals surface area contributed by atoms with E-state index in [9.17, 15) is 4.79 Å². The SMILES string of the molecule is Cc1csc(NC(=O)c2ccc(NCc3ccccc3C)c(N)c2)n1. The standard InChI is InChI=1S/C19H20N4OS/c1-12-5-3-4-6-15(12)10-21-17-8-7-14(9-16(17)20)18(24)23-19-22-13(2)11-25-19/h3-9,11,21H,10,20H2,1-2H3,(H,22,23,24). The maximum absolute atomic E-state index is 12.3. The van der Waals surface area contributed by atoms with Crippen LogP contribution in [0.4, 0.5) is 16.5 Å². The third-order valence-electron chi connectivity index (χ3n) is 3.88. The smallest absolute Gasteiger partial charge is 0.257 e. The van der Waals surface area contributed by atoms with E-state index in [0.717, 1.165) is 11.4 Å². The first-order valence-corrected chi connectivity index (χ1v) is 8.82. The predicted octanol–water partition coefficient (Wildman–Crippen LogP) is 4.21. The number of hydrogen-bond donors (Lipinski definition) is 3. The molecule has 0 aliphatic rings. The molecule has 3 rings (SSSR count). The average molecular weight is 352 g/mol. The Morgan fingerprint density at radius 1 is 1.20 bits per heavy atom. The fraction of sp³-hybridized carbons (Fsp3) is 0.158. The second-order valence-corrected chi connectivity index (χ2v) is 6.69. The molecule has 0 atom stereocenters. The molecule has 0 radical (unpaired) electrons. The number of amides is 1. The van der Waals surface area contributed by atoms with E-state index in [4.69, 9.17) is 5.73 Å². The van der Waals surface area contributed by atoms with Crippen molar-refractivity contribution in [2.75, 3.05) is 16.4 Å². The van der Waals surface area contributed by atoms with E-state index in [0.29, 0.717) is 22.9 Å². The molecule has 1 amide bonds. The van der Waals surface area contributed by atoms with Crippen molar-refractivity contribution in [3.63, 3.8) is 0 Å². The number of carbonyl (C=O) groups is 1. The highest BCUT2D eigenvalue weighted by atomic mass is 32.1. The summed E-state index contributed by atoms with van der Waals surface area (Å²) in [6.07, 6.45) is 0. The lowest BCUT2D eigenvalue weighted by Crippen LogP contribution is -2.12. The number of carbonyl (C=O) groups excluding carboxylic acids is 1. The summed E-state index contributed by atoms with van der Waals surface area (Å²) in [5, 5.41) is 8.58. The van der Waals surface area contributed by atoms with Gasteiger partial charge >= 0.3 is 0 Å². The quantitative estimate of drug-likeness (QED) is 0.601. The molecule has 0 fully saturated rings. The van der Waals surface area contributed by atoms with Crippen molar-refractivity contribution in [1.29, 1.82) is 0 Å². The summed E-state index contributed by atoms with van der Waals surface area (Å²) >= 11 is 1.40. The molecule has 1 aromatic heterocycles. The van der Waals surface area contributed by atoms with Crippen LogP contribution in [0.25, 0.3) is 0 Å². The minimum absolute atomic E-state index is 0.216. The average Bonchev–Trinajstić information content (AvgIpc) is 3.00. The molecule has 0 saturated carbocycles. The highest BCUT2D eigenvalue weighted by Gasteiger charge is 2.10. The summed E-state index contributed by atoms with van der Waals surface area (Å²) in [7, 11) is 0. The van der Waals surface area contributed by atoms with Crippen LogP contribution < -0.4 is 16.4 Å². The van der Waals surface area contributed by atoms with E-state index in [1.165, 1.54) is 22.5 Å². The minimum atomic E-state index is -0.216. The van der Waals surface area contributed by atoms with Crippen molar-refractivity contribution in [2.24, 2.45) is 0 Å². The number of aromatic nitrogens is 1. The topological polar surface area (TPSA) is 80.0 Å². The predicted molar refractivity (Wildman–Crippen MR) is 104 cm³/mol. The first-order valence-electron chi connectivity index (χ1n) is 7.94. The molecule has 0 spiro atoms. The lowest BCUT2D eigenvalue weighted by atomic mass is 10.1. The van der Waals surface area contributed by atoms with Gasteiger partial charge in [0.05, 0.1) is 17.1 Å². The van der Waals surface area contributed by atoms with Crippen LogP contribution in [0.5, 0.6) is 0 Å². The van der Waals surface area contributed by atoms with Gasteiger partial charge in [-0.15, -0.1) is 11.3 Å². The Morgan fingerprint density at radius 3 is 2.68 bits per heavy atom. The van der Waals surface area contributed by atoms with Crippen molar-refractivity contribution in [3.8, 4) is 0 Å². The zero-order valence-electron chi connectivity index (χ0n) is 14.2. The highest BCUT2D eigenvalue weighted by molar-refractivity contribution is 7.13. The third kappa shape index (κ3) is 4.16. The number of rotatable bonds is 5. The van der Waals surface area contributed by atoms with Gasteiger partial charge in [-0.05, 0) is 43.2 Å². The number of anilines is 3. The molecule has 5 nitrogen and oxygen atoms in total. The molecule has 0 aliphatic heterocycles. The molecule has 0 unspecified atom stereocenters. The van der Waals surface area contributed by atoms with Crippen LogP contribution in [0.2, 0.25) is 0 Å². The second kappa shape index (κ2) is 7.36. The molecule has 128 valence electrons. The molecular weight excluding hydrogens is 332 g/mol. The van der Waals surface area contributed by atoms with Crippen molar-refractivity contribution in [2.45, 2.75) is 20.4 Å². The van der Waals surface area contributed by atoms with Crippen LogP contribution in [-0.2, 0) is 6.54 Å². The molecule has 0 saturated heterocycles. The van der Waals surface area contributed by atoms with E-state index in [-0.39, 0.29) is 5.91 Å². The summed E-state index contributed by atoms with van der Waals surface area (Å²) in [6, 6.07) is 13.5. The zero-order chi connectivity index (χ0) is 17.8. The lowest BCUT2D eigenvalue weighted by Gasteiger charge is -2.12. The van der Waals surface area contributed by atoms with Crippen molar-refractivity contribution in [1.82, 2.24) is 4.98 Å². The van der Waals surface area contributed by atoms with Crippen LogP contribution in [0.1, 0.15) is 27.2 Å². The van der Waals surface area contributed by atoms with Gasteiger partial charge in [0.2, 0.25) is 0 Å². The summed E-state index contributed by atoms with van der Waals surface area (Å²) in [5.41, 5.74) is 11.3. The molecule has 2 aromatic carbocycles. The van der Waals surface area contributed by atoms with Gasteiger partial charge in [0.15, 0.2) is 5.13 Å². The molecule has 6 heteroatoms. The third-order valence-corrected chi connectivity index (χ3v) is 4.76. The van der Waals surface area contributed by atoms with E-state index in [1.807, 2.05) is 30.5 Å². The Balaban J connectivity index is 1.68. The highest BCUT2D eigenvalue weighted by Crippen LogP contribution is 2.22. The summed E-state index contributed by atoms with van der Waals surface area (Å²) in [5.74, 6) is -0.216. The Bertz CT molecular complexity index is 904. The van der Waals surface area contributed by atoms with Crippen molar-refractivity contribution < 1.29 is 4.79 Å². The van der Waals surface area contributed by atoms with Gasteiger partial charge in [-0.25, -0.2) is 4.98 Å².